The van der Waals surface area contributed by atoms with E-state index in [1.165, 1.54) is 36.8 Å². The van der Waals surface area contributed by atoms with E-state index in [1.54, 1.807) is 0 Å². The maximum Gasteiger partial charge on any atom is 0.119 e. The van der Waals surface area contributed by atoms with Crippen LogP contribution in [0.2, 0.25) is 0 Å². The van der Waals surface area contributed by atoms with Crippen LogP contribution in [-0.2, 0) is 11.2 Å². The van der Waals surface area contributed by atoms with Crippen LogP contribution in [0.1, 0.15) is 56.7 Å². The van der Waals surface area contributed by atoms with Crippen molar-refractivity contribution in [3.05, 3.63) is 29.3 Å². The number of fused-ring (bicyclic) bond motifs is 1. The Hall–Kier alpha value is -1.06. The van der Waals surface area contributed by atoms with Gasteiger partial charge in [0.2, 0.25) is 0 Å². The van der Waals surface area contributed by atoms with E-state index in [9.17, 15) is 0 Å². The van der Waals surface area contributed by atoms with Gasteiger partial charge in [0.1, 0.15) is 5.75 Å². The van der Waals surface area contributed by atoms with E-state index >= 15 is 0 Å². The topological polar surface area (TPSA) is 30.5 Å². The summed E-state index contributed by atoms with van der Waals surface area (Å²) in [6, 6.07) is 7.13. The third-order valence-corrected chi connectivity index (χ3v) is 3.98. The maximum atomic E-state index is 5.83. The molecule has 0 saturated heterocycles. The standard InChI is InChI=1S/C18H29NO2/c1-3-11-19-18-8-5-7-15-14-16(9-10-17(15)18)21-13-6-12-20-4-2/h9-10,14,18-19H,3-8,11-13H2,1-2H3. The summed E-state index contributed by atoms with van der Waals surface area (Å²) in [7, 11) is 0. The summed E-state index contributed by atoms with van der Waals surface area (Å²) in [5.74, 6) is 1.00. The summed E-state index contributed by atoms with van der Waals surface area (Å²) < 4.78 is 11.2. The first-order valence-corrected chi connectivity index (χ1v) is 8.42. The molecule has 0 saturated carbocycles. The van der Waals surface area contributed by atoms with Crippen LogP contribution < -0.4 is 10.1 Å². The molecule has 0 heterocycles. The van der Waals surface area contributed by atoms with E-state index < -0.39 is 0 Å². The number of rotatable bonds is 9. The van der Waals surface area contributed by atoms with Crippen molar-refractivity contribution >= 4 is 0 Å². The van der Waals surface area contributed by atoms with Gasteiger partial charge in [0.25, 0.3) is 0 Å². The lowest BCUT2D eigenvalue weighted by molar-refractivity contribution is 0.131. The van der Waals surface area contributed by atoms with Crippen LogP contribution in [0.15, 0.2) is 18.2 Å². The summed E-state index contributed by atoms with van der Waals surface area (Å²) >= 11 is 0. The normalized spacial score (nSPS) is 17.5. The van der Waals surface area contributed by atoms with Gasteiger partial charge in [0, 0.05) is 25.7 Å². The molecule has 0 aromatic heterocycles. The van der Waals surface area contributed by atoms with Crippen molar-refractivity contribution in [2.24, 2.45) is 0 Å². The van der Waals surface area contributed by atoms with Crippen LogP contribution >= 0.6 is 0 Å². The summed E-state index contributed by atoms with van der Waals surface area (Å²) in [6.07, 6.45) is 5.83. The first kappa shape index (κ1) is 16.3. The molecule has 0 radical (unpaired) electrons. The van der Waals surface area contributed by atoms with Crippen LogP contribution in [-0.4, -0.2) is 26.4 Å². The van der Waals surface area contributed by atoms with Crippen molar-refractivity contribution in [3.63, 3.8) is 0 Å². The van der Waals surface area contributed by atoms with Gasteiger partial charge >= 0.3 is 0 Å². The molecule has 3 heteroatoms. The fraction of sp³-hybridized carbons (Fsp3) is 0.667. The molecular weight excluding hydrogens is 262 g/mol. The Morgan fingerprint density at radius 2 is 2.14 bits per heavy atom. The second-order valence-electron chi connectivity index (χ2n) is 5.66. The van der Waals surface area contributed by atoms with Crippen molar-refractivity contribution in [1.82, 2.24) is 5.32 Å². The monoisotopic (exact) mass is 291 g/mol. The van der Waals surface area contributed by atoms with Gasteiger partial charge in [0.05, 0.1) is 6.61 Å². The van der Waals surface area contributed by atoms with Gasteiger partial charge in [-0.3, -0.25) is 0 Å². The number of hydrogen-bond acceptors (Lipinski definition) is 3. The molecule has 0 amide bonds. The zero-order valence-electron chi connectivity index (χ0n) is 13.5. The highest BCUT2D eigenvalue weighted by atomic mass is 16.5. The maximum absolute atomic E-state index is 5.83. The Kier molecular flexibility index (Phi) is 7.04. The molecule has 1 atom stereocenters. The Labute approximate surface area is 129 Å². The van der Waals surface area contributed by atoms with Crippen LogP contribution in [0.5, 0.6) is 5.75 Å². The van der Waals surface area contributed by atoms with E-state index in [2.05, 4.69) is 30.4 Å². The fourth-order valence-corrected chi connectivity index (χ4v) is 2.91. The molecule has 1 aliphatic carbocycles. The highest BCUT2D eigenvalue weighted by Gasteiger charge is 2.19. The number of aryl methyl sites for hydroxylation is 1. The van der Waals surface area contributed by atoms with Gasteiger partial charge in [-0.25, -0.2) is 0 Å². The van der Waals surface area contributed by atoms with Gasteiger partial charge in [-0.05, 0) is 62.4 Å². The van der Waals surface area contributed by atoms with Crippen molar-refractivity contribution < 1.29 is 9.47 Å². The summed E-state index contributed by atoms with van der Waals surface area (Å²) in [4.78, 5) is 0. The van der Waals surface area contributed by atoms with E-state index in [-0.39, 0.29) is 0 Å². The number of hydrogen-bond donors (Lipinski definition) is 1. The van der Waals surface area contributed by atoms with Crippen molar-refractivity contribution in [3.8, 4) is 5.75 Å². The summed E-state index contributed by atoms with van der Waals surface area (Å²) in [6.45, 7) is 7.63. The summed E-state index contributed by atoms with van der Waals surface area (Å²) in [5.41, 5.74) is 2.92. The van der Waals surface area contributed by atoms with Gasteiger partial charge in [-0.1, -0.05) is 13.0 Å². The summed E-state index contributed by atoms with van der Waals surface area (Å²) in [5, 5.41) is 3.66. The minimum atomic E-state index is 0.528. The molecule has 0 aliphatic heterocycles. The Morgan fingerprint density at radius 3 is 2.95 bits per heavy atom. The van der Waals surface area contributed by atoms with Crippen LogP contribution in [0, 0.1) is 0 Å². The molecule has 1 aromatic carbocycles. The fourth-order valence-electron chi connectivity index (χ4n) is 2.91. The van der Waals surface area contributed by atoms with Gasteiger partial charge < -0.3 is 14.8 Å². The molecule has 1 unspecified atom stereocenters. The molecule has 0 spiro atoms. The molecule has 0 bridgehead atoms. The molecule has 2 rings (SSSR count). The zero-order chi connectivity index (χ0) is 14.9. The Bertz CT molecular complexity index is 420. The number of benzene rings is 1. The second kappa shape index (κ2) is 9.06. The van der Waals surface area contributed by atoms with Crippen molar-refractivity contribution in [1.29, 1.82) is 0 Å². The van der Waals surface area contributed by atoms with Crippen molar-refractivity contribution in [2.75, 3.05) is 26.4 Å². The smallest absolute Gasteiger partial charge is 0.119 e. The zero-order valence-corrected chi connectivity index (χ0v) is 13.5. The Balaban J connectivity index is 1.89. The van der Waals surface area contributed by atoms with Gasteiger partial charge in [-0.2, -0.15) is 0 Å². The van der Waals surface area contributed by atoms with E-state index in [0.29, 0.717) is 6.04 Å². The highest BCUT2D eigenvalue weighted by molar-refractivity contribution is 5.39. The van der Waals surface area contributed by atoms with Gasteiger partial charge in [0.15, 0.2) is 0 Å². The van der Waals surface area contributed by atoms with Crippen LogP contribution in [0.25, 0.3) is 0 Å². The Morgan fingerprint density at radius 1 is 1.24 bits per heavy atom. The van der Waals surface area contributed by atoms with Gasteiger partial charge in [-0.15, -0.1) is 0 Å². The number of ether oxygens (including phenoxy) is 2. The quantitative estimate of drug-likeness (QED) is 0.701. The van der Waals surface area contributed by atoms with E-state index in [4.69, 9.17) is 9.47 Å². The molecule has 118 valence electrons. The minimum absolute atomic E-state index is 0.528. The molecule has 21 heavy (non-hydrogen) atoms. The molecule has 1 aromatic rings. The minimum Gasteiger partial charge on any atom is -0.493 e. The van der Waals surface area contributed by atoms with Crippen LogP contribution in [0.3, 0.4) is 0 Å². The second-order valence-corrected chi connectivity index (χ2v) is 5.66. The lowest BCUT2D eigenvalue weighted by Crippen LogP contribution is -2.25. The SMILES string of the molecule is CCCNC1CCCc2cc(OCCCOCC)ccc21. The van der Waals surface area contributed by atoms with Crippen molar-refractivity contribution in [2.45, 2.75) is 52.0 Å². The lowest BCUT2D eigenvalue weighted by Gasteiger charge is -2.27. The molecule has 1 aliphatic rings. The average molecular weight is 291 g/mol. The molecule has 0 fully saturated rings. The van der Waals surface area contributed by atoms with E-state index in [1.807, 2.05) is 6.92 Å². The molecule has 3 nitrogen and oxygen atoms in total. The lowest BCUT2D eigenvalue weighted by atomic mass is 9.87. The number of nitrogens with one attached hydrogen (secondary N) is 1. The first-order chi connectivity index (χ1) is 10.3. The third kappa shape index (κ3) is 5.01. The molecular formula is C18H29NO2. The van der Waals surface area contributed by atoms with E-state index in [0.717, 1.165) is 38.5 Å². The first-order valence-electron chi connectivity index (χ1n) is 8.42. The predicted molar refractivity (Wildman–Crippen MR) is 87.0 cm³/mol. The highest BCUT2D eigenvalue weighted by Crippen LogP contribution is 2.32. The third-order valence-electron chi connectivity index (χ3n) is 3.98. The van der Waals surface area contributed by atoms with Crippen LogP contribution in [0.4, 0.5) is 0 Å². The average Bonchev–Trinajstić information content (AvgIpc) is 2.52. The largest absolute Gasteiger partial charge is 0.493 e. The predicted octanol–water partition coefficient (Wildman–Crippen LogP) is 3.87. The molecule has 1 N–H and O–H groups in total.